The minimum Gasteiger partial charge on any atom is -0.477 e. The van der Waals surface area contributed by atoms with Crippen molar-refractivity contribution in [3.05, 3.63) is 11.5 Å². The van der Waals surface area contributed by atoms with Crippen LogP contribution in [0.15, 0.2) is 11.5 Å². The summed E-state index contributed by atoms with van der Waals surface area (Å²) in [6.07, 6.45) is 1.78. The van der Waals surface area contributed by atoms with Crippen molar-refractivity contribution < 1.29 is 19.8 Å². The zero-order valence-electron chi connectivity index (χ0n) is 5.89. The molecule has 0 spiro atoms. The van der Waals surface area contributed by atoms with E-state index in [0.29, 0.717) is 5.75 Å². The van der Waals surface area contributed by atoms with Gasteiger partial charge in [-0.2, -0.15) is 0 Å². The summed E-state index contributed by atoms with van der Waals surface area (Å²) < 4.78 is 0. The number of aliphatic carboxylic acids is 2. The summed E-state index contributed by atoms with van der Waals surface area (Å²) in [6.45, 7) is 0. The molecule has 1 atom stereocenters. The average molecular weight is 206 g/mol. The molecule has 1 unspecified atom stereocenters. The Morgan fingerprint density at radius 2 is 1.92 bits per heavy atom. The maximum absolute atomic E-state index is 10.5. The normalized spacial score (nSPS) is 20.8. The molecule has 1 rings (SSSR count). The van der Waals surface area contributed by atoms with E-state index in [9.17, 15) is 9.59 Å². The molecule has 4 nitrogen and oxygen atoms in total. The molecule has 0 fully saturated rings. The van der Waals surface area contributed by atoms with Gasteiger partial charge in [0.25, 0.3) is 0 Å². The van der Waals surface area contributed by atoms with Crippen LogP contribution in [0.2, 0.25) is 0 Å². The van der Waals surface area contributed by atoms with Crippen molar-refractivity contribution in [2.75, 3.05) is 5.75 Å². The lowest BCUT2D eigenvalue weighted by Gasteiger charge is -2.00. The predicted octanol–water partition coefficient (Wildman–Crippen LogP) is 0.772. The quantitative estimate of drug-likeness (QED) is 0.396. The van der Waals surface area contributed by atoms with E-state index in [4.69, 9.17) is 10.2 Å². The van der Waals surface area contributed by atoms with E-state index < -0.39 is 26.3 Å². The summed E-state index contributed by atoms with van der Waals surface area (Å²) in [6, 6.07) is 0. The number of carboxylic acid groups (broad SMARTS) is 2. The van der Waals surface area contributed by atoms with Gasteiger partial charge in [-0.1, -0.05) is 26.4 Å². The van der Waals surface area contributed by atoms with Crippen LogP contribution < -0.4 is 0 Å². The van der Waals surface area contributed by atoms with Gasteiger partial charge in [0.15, 0.2) is 4.86 Å². The van der Waals surface area contributed by atoms with Crippen LogP contribution in [0.5, 0.6) is 0 Å². The van der Waals surface area contributed by atoms with E-state index in [1.165, 1.54) is 10.8 Å². The first-order chi connectivity index (χ1) is 5.63. The number of hydrogen-bond donors (Lipinski definition) is 2. The minimum absolute atomic E-state index is 0.412. The Morgan fingerprint density at radius 1 is 1.33 bits per heavy atom. The zero-order valence-corrected chi connectivity index (χ0v) is 7.52. The number of carboxylic acids is 2. The van der Waals surface area contributed by atoms with E-state index in [-0.39, 0.29) is 0 Å². The van der Waals surface area contributed by atoms with Crippen molar-refractivity contribution in [3.8, 4) is 0 Å². The second-order valence-corrected chi connectivity index (χ2v) is 5.60. The second kappa shape index (κ2) is 3.77. The largest absolute Gasteiger partial charge is 0.477 e. The molecule has 6 heteroatoms. The first-order valence-electron chi connectivity index (χ1n) is 2.99. The Morgan fingerprint density at radius 3 is 2.25 bits per heavy atom. The van der Waals surface area contributed by atoms with Crippen LogP contribution in [0.4, 0.5) is 0 Å². The fourth-order valence-corrected chi connectivity index (χ4v) is 3.95. The molecule has 0 saturated carbocycles. The van der Waals surface area contributed by atoms with Crippen molar-refractivity contribution in [2.45, 2.75) is 0 Å². The molecule has 1 aliphatic rings. The number of hydrogen-bond acceptors (Lipinski definition) is 3. The Bertz CT molecular complexity index is 266. The van der Waals surface area contributed by atoms with Gasteiger partial charge in [-0.25, -0.2) is 9.59 Å². The first kappa shape index (κ1) is 9.34. The van der Waals surface area contributed by atoms with Crippen molar-refractivity contribution in [3.63, 3.8) is 0 Å². The molecule has 0 aromatic rings. The monoisotopic (exact) mass is 206 g/mol. The molecule has 0 bridgehead atoms. The third kappa shape index (κ3) is 1.89. The van der Waals surface area contributed by atoms with Crippen molar-refractivity contribution in [1.82, 2.24) is 0 Å². The topological polar surface area (TPSA) is 74.6 Å². The van der Waals surface area contributed by atoms with Crippen molar-refractivity contribution in [2.24, 2.45) is 0 Å². The maximum atomic E-state index is 10.5. The van der Waals surface area contributed by atoms with Gasteiger partial charge in [-0.05, 0) is 5.41 Å². The summed E-state index contributed by atoms with van der Waals surface area (Å²) in [5.41, 5.74) is 0. The highest BCUT2D eigenvalue weighted by Crippen LogP contribution is 2.38. The lowest BCUT2D eigenvalue weighted by molar-refractivity contribution is -0.133. The zero-order chi connectivity index (χ0) is 9.14. The molecule has 0 saturated heterocycles. The van der Waals surface area contributed by atoms with Crippen LogP contribution in [0, 0.1) is 0 Å². The van der Waals surface area contributed by atoms with Crippen molar-refractivity contribution >= 4 is 37.1 Å². The highest BCUT2D eigenvalue weighted by atomic mass is 33.1. The summed E-state index contributed by atoms with van der Waals surface area (Å²) in [7, 11) is 0.553. The Kier molecular flexibility index (Phi) is 2.93. The van der Waals surface area contributed by atoms with Gasteiger partial charge in [0.2, 0.25) is 0 Å². The molecular weight excluding hydrogens is 200 g/mol. The standard InChI is InChI=1S/C6H6O4S2/c7-5(8)4(6(9)10)12-3-1-2-11-12/h1-2H,3H2,(H,7,8)(H,9,10). The summed E-state index contributed by atoms with van der Waals surface area (Å²) >= 11 is 0. The number of carbonyl (C=O) groups is 2. The average Bonchev–Trinajstić information content (AvgIpc) is 2.37. The molecule has 66 valence electrons. The fraction of sp³-hybridized carbons (Fsp3) is 0.167. The fourth-order valence-electron chi connectivity index (χ4n) is 0.690. The lowest BCUT2D eigenvalue weighted by atomic mass is 10.4. The third-order valence-electron chi connectivity index (χ3n) is 1.13. The molecule has 2 N–H and O–H groups in total. The van der Waals surface area contributed by atoms with Gasteiger partial charge in [-0.15, -0.1) is 0 Å². The van der Waals surface area contributed by atoms with E-state index in [1.807, 2.05) is 0 Å². The molecule has 0 aromatic heterocycles. The molecule has 0 aliphatic carbocycles. The Labute approximate surface area is 74.6 Å². The molecule has 0 radical (unpaired) electrons. The first-order valence-corrected chi connectivity index (χ1v) is 5.78. The SMILES string of the molecule is O=C(O)C(C(=O)O)=S1CC=CS1. The molecule has 1 aliphatic heterocycles. The summed E-state index contributed by atoms with van der Waals surface area (Å²) in [5.74, 6) is -2.15. The van der Waals surface area contributed by atoms with E-state index in [0.717, 1.165) is 0 Å². The summed E-state index contributed by atoms with van der Waals surface area (Å²) in [5, 5.41) is 18.8. The lowest BCUT2D eigenvalue weighted by Crippen LogP contribution is -2.22. The predicted molar refractivity (Wildman–Crippen MR) is 49.5 cm³/mol. The van der Waals surface area contributed by atoms with Crippen LogP contribution in [-0.2, 0) is 9.59 Å². The van der Waals surface area contributed by atoms with E-state index >= 15 is 0 Å². The minimum atomic E-state index is -1.33. The van der Waals surface area contributed by atoms with E-state index in [2.05, 4.69) is 0 Å². The number of rotatable bonds is 2. The highest BCUT2D eigenvalue weighted by molar-refractivity contribution is 8.85. The third-order valence-corrected chi connectivity index (χ3v) is 4.91. The van der Waals surface area contributed by atoms with E-state index in [1.54, 1.807) is 11.5 Å². The van der Waals surface area contributed by atoms with Gasteiger partial charge in [0.1, 0.15) is 0 Å². The van der Waals surface area contributed by atoms with Gasteiger partial charge >= 0.3 is 11.9 Å². The summed E-state index contributed by atoms with van der Waals surface area (Å²) in [4.78, 5) is 20.5. The molecule has 0 amide bonds. The van der Waals surface area contributed by atoms with Crippen molar-refractivity contribution in [1.29, 1.82) is 0 Å². The van der Waals surface area contributed by atoms with Crippen LogP contribution >= 0.6 is 20.3 Å². The van der Waals surface area contributed by atoms with Crippen LogP contribution in [0.1, 0.15) is 0 Å². The van der Waals surface area contributed by atoms with Gasteiger partial charge in [0.05, 0.1) is 0 Å². The van der Waals surface area contributed by atoms with Crippen LogP contribution in [0.3, 0.4) is 0 Å². The molecular formula is C6H6O4S2. The Balaban J connectivity index is 2.99. The maximum Gasteiger partial charge on any atom is 0.349 e. The smallest absolute Gasteiger partial charge is 0.349 e. The Hall–Kier alpha value is -0.750. The van der Waals surface area contributed by atoms with Crippen LogP contribution in [0.25, 0.3) is 0 Å². The van der Waals surface area contributed by atoms with Gasteiger partial charge < -0.3 is 10.2 Å². The van der Waals surface area contributed by atoms with Crippen LogP contribution in [-0.4, -0.2) is 32.8 Å². The molecule has 1 heterocycles. The van der Waals surface area contributed by atoms with Gasteiger partial charge in [0, 0.05) is 5.75 Å². The second-order valence-electron chi connectivity index (χ2n) is 1.92. The molecule has 12 heavy (non-hydrogen) atoms. The highest BCUT2D eigenvalue weighted by Gasteiger charge is 2.22. The molecule has 0 aromatic carbocycles. The van der Waals surface area contributed by atoms with Gasteiger partial charge in [-0.3, -0.25) is 0 Å².